The molecule has 0 unspecified atom stereocenters. The van der Waals surface area contributed by atoms with Gasteiger partial charge in [0.2, 0.25) is 5.78 Å². The quantitative estimate of drug-likeness (QED) is 0.493. The zero-order valence-corrected chi connectivity index (χ0v) is 12.8. The summed E-state index contributed by atoms with van der Waals surface area (Å²) in [7, 11) is 0. The number of Topliss-reactive ketones (excluding diaryl/α,β-unsaturated/α-hetero) is 1. The molecule has 1 aromatic carbocycles. The lowest BCUT2D eigenvalue weighted by Gasteiger charge is -2.18. The second-order valence-corrected chi connectivity index (χ2v) is 6.20. The van der Waals surface area contributed by atoms with Crippen LogP contribution in [0.4, 0.5) is 0 Å². The Labute approximate surface area is 135 Å². The highest BCUT2D eigenvalue weighted by Gasteiger charge is 2.35. The van der Waals surface area contributed by atoms with Gasteiger partial charge in [0.1, 0.15) is 10.6 Å². The summed E-state index contributed by atoms with van der Waals surface area (Å²) in [4.78, 5) is 39.3. The van der Waals surface area contributed by atoms with E-state index in [0.29, 0.717) is 10.6 Å². The third-order valence-electron chi connectivity index (χ3n) is 3.73. The standard InChI is InChI=1S/C17H11NO4S/c19-12-9-11(18-6-7-18)16(20)10-3-1-4-13(15(10)12)22-17(21)14-5-2-8-23-14/h1-5,8-9H,6-7H2. The van der Waals surface area contributed by atoms with Crippen LogP contribution in [-0.2, 0) is 0 Å². The Morgan fingerprint density at radius 1 is 1.13 bits per heavy atom. The van der Waals surface area contributed by atoms with Crippen LogP contribution in [0, 0.1) is 0 Å². The van der Waals surface area contributed by atoms with Gasteiger partial charge < -0.3 is 9.64 Å². The molecule has 5 nitrogen and oxygen atoms in total. The highest BCUT2D eigenvalue weighted by molar-refractivity contribution is 7.12. The van der Waals surface area contributed by atoms with Gasteiger partial charge in [-0.2, -0.15) is 0 Å². The van der Waals surface area contributed by atoms with Gasteiger partial charge in [0.15, 0.2) is 5.78 Å². The zero-order chi connectivity index (χ0) is 16.0. The number of allylic oxidation sites excluding steroid dienone is 2. The third-order valence-corrected chi connectivity index (χ3v) is 4.58. The molecular formula is C17H11NO4S. The summed E-state index contributed by atoms with van der Waals surface area (Å²) in [6.45, 7) is 1.57. The monoisotopic (exact) mass is 325 g/mol. The summed E-state index contributed by atoms with van der Waals surface area (Å²) in [5, 5.41) is 1.77. The number of rotatable bonds is 3. The van der Waals surface area contributed by atoms with Gasteiger partial charge in [-0.3, -0.25) is 9.59 Å². The van der Waals surface area contributed by atoms with Crippen LogP contribution < -0.4 is 4.74 Å². The third kappa shape index (κ3) is 2.37. The van der Waals surface area contributed by atoms with Crippen LogP contribution in [0.15, 0.2) is 47.5 Å². The Balaban J connectivity index is 1.72. The molecule has 6 heteroatoms. The number of carbonyl (C=O) groups excluding carboxylic acids is 3. The van der Waals surface area contributed by atoms with Crippen molar-refractivity contribution < 1.29 is 19.1 Å². The molecule has 0 radical (unpaired) electrons. The molecule has 4 rings (SSSR count). The molecule has 1 fully saturated rings. The molecular weight excluding hydrogens is 314 g/mol. The van der Waals surface area contributed by atoms with Crippen molar-refractivity contribution >= 4 is 28.9 Å². The van der Waals surface area contributed by atoms with E-state index in [1.807, 2.05) is 4.90 Å². The van der Waals surface area contributed by atoms with Crippen molar-refractivity contribution in [3.05, 3.63) is 63.5 Å². The maximum absolute atomic E-state index is 12.5. The van der Waals surface area contributed by atoms with Gasteiger partial charge in [-0.25, -0.2) is 4.79 Å². The summed E-state index contributed by atoms with van der Waals surface area (Å²) >= 11 is 1.26. The number of carbonyl (C=O) groups is 3. The Bertz CT molecular complexity index is 863. The minimum atomic E-state index is -0.533. The molecule has 1 aliphatic carbocycles. The van der Waals surface area contributed by atoms with Gasteiger partial charge in [0.05, 0.1) is 11.3 Å². The second-order valence-electron chi connectivity index (χ2n) is 5.26. The number of ketones is 2. The first kappa shape index (κ1) is 13.9. The largest absolute Gasteiger partial charge is 0.422 e. The van der Waals surface area contributed by atoms with Gasteiger partial charge in [-0.15, -0.1) is 11.3 Å². The van der Waals surface area contributed by atoms with Crippen molar-refractivity contribution in [2.75, 3.05) is 13.1 Å². The Morgan fingerprint density at radius 3 is 2.65 bits per heavy atom. The molecule has 23 heavy (non-hydrogen) atoms. The van der Waals surface area contributed by atoms with Gasteiger partial charge in [-0.05, 0) is 23.6 Å². The van der Waals surface area contributed by atoms with E-state index in [1.54, 1.807) is 29.6 Å². The fourth-order valence-electron chi connectivity index (χ4n) is 2.53. The molecule has 2 aromatic rings. The van der Waals surface area contributed by atoms with E-state index in [0.717, 1.165) is 13.1 Å². The molecule has 2 aliphatic rings. The fourth-order valence-corrected chi connectivity index (χ4v) is 3.13. The average molecular weight is 325 g/mol. The molecule has 0 bridgehead atoms. The lowest BCUT2D eigenvalue weighted by Crippen LogP contribution is -2.22. The van der Waals surface area contributed by atoms with Crippen LogP contribution >= 0.6 is 11.3 Å². The van der Waals surface area contributed by atoms with Crippen LogP contribution in [0.3, 0.4) is 0 Å². The van der Waals surface area contributed by atoms with Crippen molar-refractivity contribution in [1.82, 2.24) is 4.90 Å². The first-order valence-electron chi connectivity index (χ1n) is 7.09. The summed E-state index contributed by atoms with van der Waals surface area (Å²) in [5.74, 6) is -0.920. The Kier molecular flexibility index (Phi) is 3.12. The van der Waals surface area contributed by atoms with E-state index in [-0.39, 0.29) is 28.4 Å². The van der Waals surface area contributed by atoms with Crippen molar-refractivity contribution in [1.29, 1.82) is 0 Å². The number of benzene rings is 1. The van der Waals surface area contributed by atoms with Gasteiger partial charge in [0, 0.05) is 24.7 Å². The minimum absolute atomic E-state index is 0.125. The van der Waals surface area contributed by atoms with E-state index in [4.69, 9.17) is 4.74 Å². The topological polar surface area (TPSA) is 63.5 Å². The van der Waals surface area contributed by atoms with E-state index < -0.39 is 5.97 Å². The molecule has 2 heterocycles. The Hall–Kier alpha value is -2.73. The summed E-state index contributed by atoms with van der Waals surface area (Å²) in [6, 6.07) is 8.13. The summed E-state index contributed by atoms with van der Waals surface area (Å²) in [5.41, 5.74) is 0.869. The molecule has 0 N–H and O–H groups in total. The number of hydrogen-bond donors (Lipinski definition) is 0. The predicted octanol–water partition coefficient (Wildman–Crippen LogP) is 2.55. The molecule has 0 saturated carbocycles. The van der Waals surface area contributed by atoms with E-state index in [9.17, 15) is 14.4 Å². The SMILES string of the molecule is O=C(Oc1cccc2c1C(=O)C=C(N1CC1)C2=O)c1cccs1. The molecule has 0 spiro atoms. The van der Waals surface area contributed by atoms with Crippen molar-refractivity contribution in [2.24, 2.45) is 0 Å². The first-order chi connectivity index (χ1) is 11.1. The zero-order valence-electron chi connectivity index (χ0n) is 11.9. The summed E-state index contributed by atoms with van der Waals surface area (Å²) < 4.78 is 5.34. The number of ether oxygens (including phenoxy) is 1. The molecule has 0 atom stereocenters. The maximum atomic E-state index is 12.5. The number of fused-ring (bicyclic) bond motifs is 1. The lowest BCUT2D eigenvalue weighted by molar-refractivity contribution is 0.0736. The number of nitrogens with zero attached hydrogens (tertiary/aromatic N) is 1. The summed E-state index contributed by atoms with van der Waals surface area (Å²) in [6.07, 6.45) is 1.33. The van der Waals surface area contributed by atoms with Gasteiger partial charge in [0.25, 0.3) is 0 Å². The highest BCUT2D eigenvalue weighted by Crippen LogP contribution is 2.32. The van der Waals surface area contributed by atoms with Crippen LogP contribution in [0.2, 0.25) is 0 Å². The second kappa shape index (κ2) is 5.17. The molecule has 1 saturated heterocycles. The average Bonchev–Trinajstić information content (AvgIpc) is 3.23. The highest BCUT2D eigenvalue weighted by atomic mass is 32.1. The van der Waals surface area contributed by atoms with Crippen molar-refractivity contribution in [3.8, 4) is 5.75 Å². The van der Waals surface area contributed by atoms with Crippen LogP contribution in [0.25, 0.3) is 0 Å². The van der Waals surface area contributed by atoms with E-state index in [2.05, 4.69) is 0 Å². The number of hydrogen-bond acceptors (Lipinski definition) is 6. The van der Waals surface area contributed by atoms with Crippen LogP contribution in [0.1, 0.15) is 30.4 Å². The van der Waals surface area contributed by atoms with Crippen LogP contribution in [-0.4, -0.2) is 35.5 Å². The predicted molar refractivity (Wildman–Crippen MR) is 84.0 cm³/mol. The maximum Gasteiger partial charge on any atom is 0.353 e. The van der Waals surface area contributed by atoms with Crippen molar-refractivity contribution in [3.63, 3.8) is 0 Å². The van der Waals surface area contributed by atoms with Gasteiger partial charge >= 0.3 is 5.97 Å². The number of thiophene rings is 1. The molecule has 0 amide bonds. The number of esters is 1. The Morgan fingerprint density at radius 2 is 1.96 bits per heavy atom. The van der Waals surface area contributed by atoms with Crippen LogP contribution in [0.5, 0.6) is 5.75 Å². The molecule has 1 aliphatic heterocycles. The molecule has 114 valence electrons. The molecule has 1 aromatic heterocycles. The lowest BCUT2D eigenvalue weighted by atomic mass is 9.92. The smallest absolute Gasteiger partial charge is 0.353 e. The fraction of sp³-hybridized carbons (Fsp3) is 0.118. The normalized spacial score (nSPS) is 16.0. The van der Waals surface area contributed by atoms with Crippen molar-refractivity contribution in [2.45, 2.75) is 0 Å². The minimum Gasteiger partial charge on any atom is -0.422 e. The van der Waals surface area contributed by atoms with E-state index in [1.165, 1.54) is 23.5 Å². The van der Waals surface area contributed by atoms with Gasteiger partial charge in [-0.1, -0.05) is 12.1 Å². The first-order valence-corrected chi connectivity index (χ1v) is 7.97. The van der Waals surface area contributed by atoms with E-state index >= 15 is 0 Å².